The van der Waals surface area contributed by atoms with Crippen LogP contribution in [0.25, 0.3) is 10.9 Å². The van der Waals surface area contributed by atoms with Crippen molar-refractivity contribution in [1.29, 1.82) is 0 Å². The van der Waals surface area contributed by atoms with Gasteiger partial charge in [-0.25, -0.2) is 0 Å². The first-order valence-corrected chi connectivity index (χ1v) is 5.98. The molecule has 0 fully saturated rings. The van der Waals surface area contributed by atoms with Gasteiger partial charge in [0, 0.05) is 23.2 Å². The summed E-state index contributed by atoms with van der Waals surface area (Å²) in [6.45, 7) is 2.08. The highest BCUT2D eigenvalue weighted by Crippen LogP contribution is 2.13. The molecule has 1 heterocycles. The van der Waals surface area contributed by atoms with Gasteiger partial charge in [-0.1, -0.05) is 35.9 Å². The third kappa shape index (κ3) is 2.01. The molecule has 18 heavy (non-hydrogen) atoms. The van der Waals surface area contributed by atoms with Crippen LogP contribution in [0, 0.1) is 18.9 Å². The molecule has 0 N–H and O–H groups in total. The van der Waals surface area contributed by atoms with E-state index in [2.05, 4.69) is 49.2 Å². The highest BCUT2D eigenvalue weighted by Gasteiger charge is 1.95. The summed E-state index contributed by atoms with van der Waals surface area (Å²) in [5, 5.41) is 1.22. The largest absolute Gasteiger partial charge is 0.276 e. The Kier molecular flexibility index (Phi) is 2.63. The van der Waals surface area contributed by atoms with Crippen LogP contribution in [0.1, 0.15) is 11.1 Å². The van der Waals surface area contributed by atoms with Crippen molar-refractivity contribution >= 4 is 10.9 Å². The lowest BCUT2D eigenvalue weighted by atomic mass is 10.2. The van der Waals surface area contributed by atoms with Gasteiger partial charge in [-0.3, -0.25) is 4.57 Å². The molecule has 0 aliphatic rings. The Labute approximate surface area is 107 Å². The van der Waals surface area contributed by atoms with Gasteiger partial charge in [0.1, 0.15) is 0 Å². The van der Waals surface area contributed by atoms with Crippen molar-refractivity contribution in [2.45, 2.75) is 6.92 Å². The third-order valence-corrected chi connectivity index (χ3v) is 2.97. The van der Waals surface area contributed by atoms with Crippen LogP contribution in [-0.2, 0) is 0 Å². The fourth-order valence-corrected chi connectivity index (χ4v) is 1.94. The Morgan fingerprint density at radius 2 is 1.67 bits per heavy atom. The van der Waals surface area contributed by atoms with Crippen molar-refractivity contribution in [2.75, 3.05) is 0 Å². The Morgan fingerprint density at radius 1 is 0.889 bits per heavy atom. The number of hydrogen-bond donors (Lipinski definition) is 0. The summed E-state index contributed by atoms with van der Waals surface area (Å²) < 4.78 is 1.97. The summed E-state index contributed by atoms with van der Waals surface area (Å²) in [5.41, 5.74) is 3.45. The maximum atomic E-state index is 3.18. The maximum Gasteiger partial charge on any atom is 0.0611 e. The Morgan fingerprint density at radius 3 is 2.50 bits per heavy atom. The Balaban J connectivity index is 2.00. The first kappa shape index (κ1) is 10.7. The molecule has 0 atom stereocenters. The second-order valence-electron chi connectivity index (χ2n) is 4.35. The number of rotatable bonds is 0. The van der Waals surface area contributed by atoms with Crippen LogP contribution in [0.15, 0.2) is 60.8 Å². The first-order valence-electron chi connectivity index (χ1n) is 5.98. The lowest BCUT2D eigenvalue weighted by Crippen LogP contribution is -1.85. The highest BCUT2D eigenvalue weighted by molar-refractivity contribution is 5.80. The smallest absolute Gasteiger partial charge is 0.0611 e. The minimum absolute atomic E-state index is 1.04. The number of para-hydroxylation sites is 1. The van der Waals surface area contributed by atoms with Gasteiger partial charge < -0.3 is 0 Å². The number of hydrogen-bond acceptors (Lipinski definition) is 0. The number of nitrogens with zero attached hydrogens (tertiary/aromatic N) is 1. The van der Waals surface area contributed by atoms with Crippen LogP contribution in [0.5, 0.6) is 0 Å². The Hall–Kier alpha value is -2.46. The predicted molar refractivity (Wildman–Crippen MR) is 75.4 cm³/mol. The molecule has 0 saturated heterocycles. The van der Waals surface area contributed by atoms with E-state index in [-0.39, 0.29) is 0 Å². The SMILES string of the molecule is Cc1ccc(C#Cn2ccc3ccccc32)cc1. The molecule has 2 aromatic carbocycles. The van der Waals surface area contributed by atoms with Crippen molar-refractivity contribution in [2.24, 2.45) is 0 Å². The minimum atomic E-state index is 1.04. The molecule has 1 aromatic heterocycles. The highest BCUT2D eigenvalue weighted by atomic mass is 14.9. The van der Waals surface area contributed by atoms with E-state index < -0.39 is 0 Å². The number of fused-ring (bicyclic) bond motifs is 1. The standard InChI is InChI=1S/C17H13N/c1-14-6-8-15(9-7-14)10-12-18-13-11-16-4-2-3-5-17(16)18/h2-9,11,13H,1H3. The molecule has 0 aliphatic heterocycles. The van der Waals surface area contributed by atoms with Gasteiger partial charge in [0.25, 0.3) is 0 Å². The second kappa shape index (κ2) is 4.43. The molecule has 0 aliphatic carbocycles. The summed E-state index contributed by atoms with van der Waals surface area (Å²) in [4.78, 5) is 0. The van der Waals surface area contributed by atoms with Crippen LogP contribution in [0.2, 0.25) is 0 Å². The molecule has 0 amide bonds. The van der Waals surface area contributed by atoms with E-state index in [0.29, 0.717) is 0 Å². The maximum absolute atomic E-state index is 3.18. The molecular weight excluding hydrogens is 218 g/mol. The van der Waals surface area contributed by atoms with Gasteiger partial charge in [-0.05, 0) is 37.1 Å². The molecular formula is C17H13N. The number of aryl methyl sites for hydroxylation is 1. The Bertz CT molecular complexity index is 736. The molecule has 1 heteroatoms. The van der Waals surface area contributed by atoms with Gasteiger partial charge in [0.15, 0.2) is 0 Å². The van der Waals surface area contributed by atoms with Crippen molar-refractivity contribution in [1.82, 2.24) is 4.57 Å². The predicted octanol–water partition coefficient (Wildman–Crippen LogP) is 3.81. The van der Waals surface area contributed by atoms with E-state index in [1.165, 1.54) is 10.9 Å². The zero-order chi connectivity index (χ0) is 12.4. The van der Waals surface area contributed by atoms with Crippen molar-refractivity contribution in [3.63, 3.8) is 0 Å². The lowest BCUT2D eigenvalue weighted by Gasteiger charge is -1.94. The van der Waals surface area contributed by atoms with E-state index in [0.717, 1.165) is 11.1 Å². The van der Waals surface area contributed by atoms with Crippen LogP contribution in [0.4, 0.5) is 0 Å². The normalized spacial score (nSPS) is 10.1. The lowest BCUT2D eigenvalue weighted by molar-refractivity contribution is 1.20. The van der Waals surface area contributed by atoms with Gasteiger partial charge in [0.05, 0.1) is 5.52 Å². The average Bonchev–Trinajstić information content (AvgIpc) is 2.82. The van der Waals surface area contributed by atoms with E-state index in [1.807, 2.05) is 35.0 Å². The van der Waals surface area contributed by atoms with Crippen molar-refractivity contribution in [3.05, 3.63) is 71.9 Å². The summed E-state index contributed by atoms with van der Waals surface area (Å²) in [7, 11) is 0. The molecule has 0 bridgehead atoms. The summed E-state index contributed by atoms with van der Waals surface area (Å²) >= 11 is 0. The molecule has 0 spiro atoms. The van der Waals surface area contributed by atoms with Crippen LogP contribution < -0.4 is 0 Å². The molecule has 86 valence electrons. The summed E-state index contributed by atoms with van der Waals surface area (Å²) in [6, 6.07) is 21.8. The van der Waals surface area contributed by atoms with Crippen molar-refractivity contribution in [3.8, 4) is 12.0 Å². The zero-order valence-electron chi connectivity index (χ0n) is 10.2. The molecule has 3 rings (SSSR count). The van der Waals surface area contributed by atoms with Crippen molar-refractivity contribution < 1.29 is 0 Å². The zero-order valence-corrected chi connectivity index (χ0v) is 10.2. The molecule has 1 nitrogen and oxygen atoms in total. The van der Waals surface area contributed by atoms with Gasteiger partial charge in [0.2, 0.25) is 0 Å². The summed E-state index contributed by atoms with van der Waals surface area (Å²) in [5.74, 6) is 3.18. The fraction of sp³-hybridized carbons (Fsp3) is 0.0588. The average molecular weight is 231 g/mol. The van der Waals surface area contributed by atoms with Gasteiger partial charge in [-0.2, -0.15) is 0 Å². The van der Waals surface area contributed by atoms with E-state index in [1.54, 1.807) is 0 Å². The van der Waals surface area contributed by atoms with E-state index in [4.69, 9.17) is 0 Å². The summed E-state index contributed by atoms with van der Waals surface area (Å²) in [6.07, 6.45) is 2.01. The third-order valence-electron chi connectivity index (χ3n) is 2.97. The quantitative estimate of drug-likeness (QED) is 0.518. The molecule has 0 unspecified atom stereocenters. The molecule has 0 radical (unpaired) electrons. The first-order chi connectivity index (χ1) is 8.83. The monoisotopic (exact) mass is 231 g/mol. The fourth-order valence-electron chi connectivity index (χ4n) is 1.94. The van der Waals surface area contributed by atoms with E-state index in [9.17, 15) is 0 Å². The minimum Gasteiger partial charge on any atom is -0.276 e. The van der Waals surface area contributed by atoms with Crippen LogP contribution in [-0.4, -0.2) is 4.57 Å². The molecule has 0 saturated carbocycles. The number of benzene rings is 2. The topological polar surface area (TPSA) is 4.93 Å². The van der Waals surface area contributed by atoms with Gasteiger partial charge >= 0.3 is 0 Å². The van der Waals surface area contributed by atoms with Crippen LogP contribution in [0.3, 0.4) is 0 Å². The second-order valence-corrected chi connectivity index (χ2v) is 4.35. The van der Waals surface area contributed by atoms with E-state index >= 15 is 0 Å². The number of aromatic nitrogens is 1. The van der Waals surface area contributed by atoms with Gasteiger partial charge in [-0.15, -0.1) is 0 Å². The van der Waals surface area contributed by atoms with Crippen LogP contribution >= 0.6 is 0 Å². The molecule has 3 aromatic rings.